The van der Waals surface area contributed by atoms with E-state index in [-0.39, 0.29) is 5.91 Å². The molecule has 0 spiro atoms. The molecule has 0 bridgehead atoms. The Morgan fingerprint density at radius 2 is 1.82 bits per heavy atom. The molecule has 146 valence electrons. The molecule has 3 rings (SSSR count). The lowest BCUT2D eigenvalue weighted by atomic mass is 10.1. The third-order valence-electron chi connectivity index (χ3n) is 4.78. The minimum atomic E-state index is -0.0314. The predicted octanol–water partition coefficient (Wildman–Crippen LogP) is 4.91. The highest BCUT2D eigenvalue weighted by atomic mass is 32.1. The molecule has 0 fully saturated rings. The first-order valence-corrected chi connectivity index (χ1v) is 10.3. The first-order valence-electron chi connectivity index (χ1n) is 9.52. The van der Waals surface area contributed by atoms with Gasteiger partial charge in [-0.3, -0.25) is 9.69 Å². The highest BCUT2D eigenvalue weighted by Gasteiger charge is 2.18. The first kappa shape index (κ1) is 20.2. The van der Waals surface area contributed by atoms with Gasteiger partial charge in [-0.15, -0.1) is 0 Å². The molecule has 1 heterocycles. The normalized spacial score (nSPS) is 11.6. The summed E-state index contributed by atoms with van der Waals surface area (Å²) in [6.07, 6.45) is 4.41. The van der Waals surface area contributed by atoms with Crippen molar-refractivity contribution in [3.8, 4) is 0 Å². The minimum Gasteiger partial charge on any atom is -0.309 e. The van der Waals surface area contributed by atoms with Crippen LogP contribution in [0.4, 0.5) is 5.13 Å². The quantitative estimate of drug-likeness (QED) is 0.535. The molecule has 0 aliphatic carbocycles. The number of nitrogens with zero attached hydrogens (tertiary/aromatic N) is 3. The van der Waals surface area contributed by atoms with E-state index in [2.05, 4.69) is 30.9 Å². The van der Waals surface area contributed by atoms with E-state index in [4.69, 9.17) is 4.98 Å². The third kappa shape index (κ3) is 4.86. The number of carbonyl (C=O) groups is 1. The summed E-state index contributed by atoms with van der Waals surface area (Å²) in [6.45, 7) is 5.76. The second kappa shape index (κ2) is 9.13. The van der Waals surface area contributed by atoms with E-state index < -0.39 is 0 Å². The van der Waals surface area contributed by atoms with E-state index in [0.717, 1.165) is 33.9 Å². The molecule has 0 atom stereocenters. The van der Waals surface area contributed by atoms with Crippen LogP contribution < -0.4 is 4.90 Å². The fraction of sp³-hybridized carbons (Fsp3) is 0.304. The average Bonchev–Trinajstić information content (AvgIpc) is 3.11. The van der Waals surface area contributed by atoms with Gasteiger partial charge in [0.15, 0.2) is 5.13 Å². The molecule has 3 aromatic rings. The molecule has 1 aromatic heterocycles. The van der Waals surface area contributed by atoms with Crippen molar-refractivity contribution in [2.24, 2.45) is 0 Å². The van der Waals surface area contributed by atoms with Gasteiger partial charge in [0, 0.05) is 12.6 Å². The fourth-order valence-electron chi connectivity index (χ4n) is 3.00. The van der Waals surface area contributed by atoms with Crippen LogP contribution in [-0.4, -0.2) is 43.0 Å². The van der Waals surface area contributed by atoms with Gasteiger partial charge in [-0.2, -0.15) is 0 Å². The number of aromatic nitrogens is 1. The van der Waals surface area contributed by atoms with Crippen molar-refractivity contribution in [1.82, 2.24) is 9.88 Å². The lowest BCUT2D eigenvalue weighted by molar-refractivity contribution is -0.114. The molecule has 2 aromatic carbocycles. The van der Waals surface area contributed by atoms with Crippen LogP contribution in [0.1, 0.15) is 23.1 Å². The topological polar surface area (TPSA) is 36.4 Å². The van der Waals surface area contributed by atoms with Gasteiger partial charge in [-0.25, -0.2) is 4.98 Å². The Balaban J connectivity index is 1.89. The number of fused-ring (bicyclic) bond motifs is 1. The molecule has 0 aliphatic heterocycles. The van der Waals surface area contributed by atoms with Crippen molar-refractivity contribution in [2.45, 2.75) is 20.3 Å². The Hall–Kier alpha value is -2.50. The summed E-state index contributed by atoms with van der Waals surface area (Å²) in [5.41, 5.74) is 4.41. The van der Waals surface area contributed by atoms with Crippen LogP contribution in [0.25, 0.3) is 16.3 Å². The zero-order valence-electron chi connectivity index (χ0n) is 17.0. The molecule has 0 N–H and O–H groups in total. The number of carbonyl (C=O) groups excluding carboxylic acids is 1. The number of hydrogen-bond donors (Lipinski definition) is 0. The Morgan fingerprint density at radius 1 is 1.07 bits per heavy atom. The van der Waals surface area contributed by atoms with Crippen LogP contribution in [0.15, 0.2) is 48.5 Å². The number of rotatable bonds is 7. The van der Waals surface area contributed by atoms with Gasteiger partial charge in [0.2, 0.25) is 0 Å². The lowest BCUT2D eigenvalue weighted by Gasteiger charge is -2.19. The minimum absolute atomic E-state index is 0.0314. The molecule has 0 unspecified atom stereocenters. The highest BCUT2D eigenvalue weighted by molar-refractivity contribution is 7.22. The molecule has 4 nitrogen and oxygen atoms in total. The van der Waals surface area contributed by atoms with Gasteiger partial charge < -0.3 is 4.90 Å². The zero-order valence-corrected chi connectivity index (χ0v) is 17.8. The molecule has 5 heteroatoms. The Kier molecular flexibility index (Phi) is 6.60. The maximum atomic E-state index is 13.0. The molecule has 1 amide bonds. The predicted molar refractivity (Wildman–Crippen MR) is 120 cm³/mol. The largest absolute Gasteiger partial charge is 0.309 e. The second-order valence-electron chi connectivity index (χ2n) is 7.24. The maximum absolute atomic E-state index is 13.0. The smallest absolute Gasteiger partial charge is 0.252 e. The number of thiazole rings is 1. The summed E-state index contributed by atoms with van der Waals surface area (Å²) < 4.78 is 1.12. The van der Waals surface area contributed by atoms with Crippen LogP contribution in [0.2, 0.25) is 0 Å². The molecular formula is C23H27N3OS. The summed E-state index contributed by atoms with van der Waals surface area (Å²) >= 11 is 1.58. The number of anilines is 1. The summed E-state index contributed by atoms with van der Waals surface area (Å²) in [6, 6.07) is 14.1. The Bertz CT molecular complexity index is 976. The highest BCUT2D eigenvalue weighted by Crippen LogP contribution is 2.32. The van der Waals surface area contributed by atoms with Crippen LogP contribution in [0.5, 0.6) is 0 Å². The second-order valence-corrected chi connectivity index (χ2v) is 8.25. The van der Waals surface area contributed by atoms with Crippen molar-refractivity contribution >= 4 is 38.7 Å². The molecule has 0 saturated carbocycles. The van der Waals surface area contributed by atoms with Crippen LogP contribution in [0, 0.1) is 13.8 Å². The van der Waals surface area contributed by atoms with E-state index in [9.17, 15) is 4.79 Å². The van der Waals surface area contributed by atoms with Crippen LogP contribution >= 0.6 is 11.3 Å². The van der Waals surface area contributed by atoms with E-state index in [1.807, 2.05) is 55.4 Å². The molecule has 0 radical (unpaired) electrons. The van der Waals surface area contributed by atoms with Crippen molar-refractivity contribution in [1.29, 1.82) is 0 Å². The zero-order chi connectivity index (χ0) is 20.1. The monoisotopic (exact) mass is 393 g/mol. The van der Waals surface area contributed by atoms with Gasteiger partial charge in [0.05, 0.1) is 10.2 Å². The van der Waals surface area contributed by atoms with Crippen molar-refractivity contribution in [3.63, 3.8) is 0 Å². The van der Waals surface area contributed by atoms with E-state index in [1.54, 1.807) is 17.4 Å². The van der Waals surface area contributed by atoms with Crippen molar-refractivity contribution < 1.29 is 4.79 Å². The van der Waals surface area contributed by atoms with Crippen LogP contribution in [-0.2, 0) is 4.79 Å². The van der Waals surface area contributed by atoms with Gasteiger partial charge in [0.25, 0.3) is 5.91 Å². The van der Waals surface area contributed by atoms with Gasteiger partial charge in [0.1, 0.15) is 0 Å². The average molecular weight is 394 g/mol. The van der Waals surface area contributed by atoms with Crippen LogP contribution in [0.3, 0.4) is 0 Å². The lowest BCUT2D eigenvalue weighted by Crippen LogP contribution is -2.32. The molecule has 28 heavy (non-hydrogen) atoms. The summed E-state index contributed by atoms with van der Waals surface area (Å²) in [7, 11) is 4.09. The number of hydrogen-bond acceptors (Lipinski definition) is 4. The standard InChI is InChI=1S/C23H27N3OS/c1-17-11-13-20-22(18(17)2)24-23(28-20)26(16-8-15-25(3)4)21(27)14-12-19-9-6-5-7-10-19/h5-7,9-14H,8,15-16H2,1-4H3. The third-order valence-corrected chi connectivity index (χ3v) is 5.82. The van der Waals surface area contributed by atoms with Crippen molar-refractivity contribution in [2.75, 3.05) is 32.1 Å². The Morgan fingerprint density at radius 3 is 2.54 bits per heavy atom. The summed E-state index contributed by atoms with van der Waals surface area (Å²) in [5, 5.41) is 0.769. The van der Waals surface area contributed by atoms with Gasteiger partial charge in [-0.05, 0) is 69.7 Å². The number of aryl methyl sites for hydroxylation is 2. The summed E-state index contributed by atoms with van der Waals surface area (Å²) in [4.78, 5) is 21.8. The fourth-order valence-corrected chi connectivity index (χ4v) is 4.05. The number of benzene rings is 2. The van der Waals surface area contributed by atoms with E-state index in [0.29, 0.717) is 6.54 Å². The molecule has 0 aliphatic rings. The van der Waals surface area contributed by atoms with Crippen molar-refractivity contribution in [3.05, 3.63) is 65.2 Å². The molecular weight excluding hydrogens is 366 g/mol. The van der Waals surface area contributed by atoms with Gasteiger partial charge in [-0.1, -0.05) is 47.7 Å². The first-order chi connectivity index (χ1) is 13.5. The van der Waals surface area contributed by atoms with E-state index in [1.165, 1.54) is 11.1 Å². The van der Waals surface area contributed by atoms with E-state index >= 15 is 0 Å². The summed E-state index contributed by atoms with van der Waals surface area (Å²) in [5.74, 6) is -0.0314. The van der Waals surface area contributed by atoms with Gasteiger partial charge >= 0.3 is 0 Å². The maximum Gasteiger partial charge on any atom is 0.252 e. The number of amides is 1. The Labute approximate surface area is 171 Å². The SMILES string of the molecule is Cc1ccc2sc(N(CCCN(C)C)C(=O)C=Cc3ccccc3)nc2c1C. The molecule has 0 saturated heterocycles.